The van der Waals surface area contributed by atoms with E-state index in [-0.39, 0.29) is 5.60 Å². The Morgan fingerprint density at radius 2 is 2.45 bits per heavy atom. The van der Waals surface area contributed by atoms with E-state index >= 15 is 0 Å². The molecular weight excluding hydrogens is 270 g/mol. The summed E-state index contributed by atoms with van der Waals surface area (Å²) < 4.78 is 8.22. The zero-order chi connectivity index (χ0) is 14.0. The summed E-state index contributed by atoms with van der Waals surface area (Å²) in [4.78, 5) is 5.78. The number of hydrogen-bond acceptors (Lipinski definition) is 4. The van der Waals surface area contributed by atoms with Gasteiger partial charge in [-0.3, -0.25) is 4.40 Å². The Bertz CT molecular complexity index is 528. The van der Waals surface area contributed by atoms with E-state index < -0.39 is 0 Å². The van der Waals surface area contributed by atoms with Crippen molar-refractivity contribution in [2.45, 2.75) is 51.2 Å². The highest BCUT2D eigenvalue weighted by atomic mass is 32.1. The molecule has 1 aliphatic heterocycles. The Labute approximate surface area is 124 Å². The first-order valence-electron chi connectivity index (χ1n) is 7.50. The van der Waals surface area contributed by atoms with Crippen molar-refractivity contribution in [2.24, 2.45) is 0 Å². The molecule has 2 unspecified atom stereocenters. The number of hydrogen-bond donors (Lipinski definition) is 1. The van der Waals surface area contributed by atoms with Gasteiger partial charge in [-0.15, -0.1) is 11.3 Å². The van der Waals surface area contributed by atoms with E-state index in [2.05, 4.69) is 41.3 Å². The van der Waals surface area contributed by atoms with E-state index in [1.165, 1.54) is 12.8 Å². The summed E-state index contributed by atoms with van der Waals surface area (Å²) in [7, 11) is 0. The van der Waals surface area contributed by atoms with Crippen LogP contribution >= 0.6 is 11.3 Å². The van der Waals surface area contributed by atoms with E-state index in [0.717, 1.165) is 36.6 Å². The van der Waals surface area contributed by atoms with E-state index in [9.17, 15) is 0 Å². The molecular formula is C15H23N3OS. The minimum absolute atomic E-state index is 0.0642. The minimum Gasteiger partial charge on any atom is -0.374 e. The van der Waals surface area contributed by atoms with Crippen LogP contribution in [0.3, 0.4) is 0 Å². The second-order valence-corrected chi connectivity index (χ2v) is 6.63. The third-order valence-electron chi connectivity index (χ3n) is 4.24. The molecule has 0 saturated carbocycles. The minimum atomic E-state index is -0.0642. The highest BCUT2D eigenvalue weighted by molar-refractivity contribution is 7.15. The van der Waals surface area contributed by atoms with E-state index in [1.54, 1.807) is 11.3 Å². The third-order valence-corrected chi connectivity index (χ3v) is 5.01. The second kappa shape index (κ2) is 5.84. The number of nitrogens with one attached hydrogen (secondary N) is 1. The summed E-state index contributed by atoms with van der Waals surface area (Å²) >= 11 is 1.68. The summed E-state index contributed by atoms with van der Waals surface area (Å²) in [6.07, 6.45) is 8.72. The average molecular weight is 293 g/mol. The molecule has 1 aliphatic rings. The van der Waals surface area contributed by atoms with Crippen molar-refractivity contribution in [3.8, 4) is 0 Å². The van der Waals surface area contributed by atoms with Crippen molar-refractivity contribution in [2.75, 3.05) is 13.2 Å². The van der Waals surface area contributed by atoms with Gasteiger partial charge in [-0.1, -0.05) is 6.92 Å². The SMILES string of the molecule is CCNC(Cc1cn2ccsc2n1)C1(C)CCCCO1. The van der Waals surface area contributed by atoms with Gasteiger partial charge in [0, 0.05) is 36.8 Å². The molecule has 1 saturated heterocycles. The van der Waals surface area contributed by atoms with Crippen LogP contribution < -0.4 is 5.32 Å². The normalized spacial score (nSPS) is 25.1. The number of rotatable bonds is 5. The molecule has 0 radical (unpaired) electrons. The number of thiazole rings is 1. The van der Waals surface area contributed by atoms with Crippen molar-refractivity contribution in [1.29, 1.82) is 0 Å². The maximum absolute atomic E-state index is 6.11. The topological polar surface area (TPSA) is 38.6 Å². The zero-order valence-electron chi connectivity index (χ0n) is 12.3. The van der Waals surface area contributed by atoms with Crippen LogP contribution in [0, 0.1) is 0 Å². The lowest BCUT2D eigenvalue weighted by molar-refractivity contribution is -0.0882. The summed E-state index contributed by atoms with van der Waals surface area (Å²) in [6.45, 7) is 6.26. The van der Waals surface area contributed by atoms with Crippen LogP contribution in [0.5, 0.6) is 0 Å². The Morgan fingerprint density at radius 3 is 3.15 bits per heavy atom. The molecule has 4 nitrogen and oxygen atoms in total. The van der Waals surface area contributed by atoms with Gasteiger partial charge in [0.25, 0.3) is 0 Å². The van der Waals surface area contributed by atoms with E-state index in [0.29, 0.717) is 6.04 Å². The smallest absolute Gasteiger partial charge is 0.193 e. The highest BCUT2D eigenvalue weighted by Gasteiger charge is 2.36. The summed E-state index contributed by atoms with van der Waals surface area (Å²) in [5.41, 5.74) is 1.09. The second-order valence-electron chi connectivity index (χ2n) is 5.76. The molecule has 1 fully saturated rings. The molecule has 2 atom stereocenters. The molecule has 1 N–H and O–H groups in total. The van der Waals surface area contributed by atoms with Crippen LogP contribution in [0.15, 0.2) is 17.8 Å². The lowest BCUT2D eigenvalue weighted by atomic mass is 9.85. The molecule has 110 valence electrons. The lowest BCUT2D eigenvalue weighted by Gasteiger charge is -2.41. The maximum Gasteiger partial charge on any atom is 0.193 e. The van der Waals surface area contributed by atoms with Gasteiger partial charge >= 0.3 is 0 Å². The van der Waals surface area contributed by atoms with Gasteiger partial charge in [-0.2, -0.15) is 0 Å². The van der Waals surface area contributed by atoms with Crippen LogP contribution in [-0.4, -0.2) is 34.2 Å². The van der Waals surface area contributed by atoms with E-state index in [4.69, 9.17) is 9.72 Å². The van der Waals surface area contributed by atoms with Crippen LogP contribution in [-0.2, 0) is 11.2 Å². The molecule has 0 aromatic carbocycles. The fourth-order valence-electron chi connectivity index (χ4n) is 3.06. The Hall–Kier alpha value is -0.910. The van der Waals surface area contributed by atoms with Crippen molar-refractivity contribution in [3.63, 3.8) is 0 Å². The number of fused-ring (bicyclic) bond motifs is 1. The molecule has 3 rings (SSSR count). The number of ether oxygens (including phenoxy) is 1. The number of aromatic nitrogens is 2. The predicted molar refractivity (Wildman–Crippen MR) is 82.4 cm³/mol. The van der Waals surface area contributed by atoms with Crippen LogP contribution in [0.1, 0.15) is 38.8 Å². The Morgan fingerprint density at radius 1 is 1.55 bits per heavy atom. The van der Waals surface area contributed by atoms with Crippen molar-refractivity contribution in [3.05, 3.63) is 23.5 Å². The van der Waals surface area contributed by atoms with E-state index in [1.807, 2.05) is 0 Å². The standard InChI is InChI=1S/C15H23N3OS/c1-3-16-13(15(2)6-4-5-8-19-15)10-12-11-18-7-9-20-14(18)17-12/h7,9,11,13,16H,3-6,8,10H2,1-2H3. The third kappa shape index (κ3) is 2.75. The molecule has 3 heterocycles. The number of imidazole rings is 1. The fraction of sp³-hybridized carbons (Fsp3) is 0.667. The molecule has 0 aliphatic carbocycles. The predicted octanol–water partition coefficient (Wildman–Crippen LogP) is 2.88. The average Bonchev–Trinajstić information content (AvgIpc) is 3.00. The van der Waals surface area contributed by atoms with Crippen molar-refractivity contribution < 1.29 is 4.74 Å². The first-order valence-corrected chi connectivity index (χ1v) is 8.37. The van der Waals surface area contributed by atoms with Gasteiger partial charge in [0.15, 0.2) is 4.96 Å². The Kier molecular flexibility index (Phi) is 4.10. The zero-order valence-corrected chi connectivity index (χ0v) is 13.1. The largest absolute Gasteiger partial charge is 0.374 e. The quantitative estimate of drug-likeness (QED) is 0.921. The molecule has 0 spiro atoms. The van der Waals surface area contributed by atoms with Crippen LogP contribution in [0.2, 0.25) is 0 Å². The molecule has 5 heteroatoms. The first kappa shape index (κ1) is 14.0. The monoisotopic (exact) mass is 293 g/mol. The van der Waals surface area contributed by atoms with Crippen LogP contribution in [0.25, 0.3) is 4.96 Å². The van der Waals surface area contributed by atoms with Crippen molar-refractivity contribution in [1.82, 2.24) is 14.7 Å². The molecule has 2 aromatic rings. The van der Waals surface area contributed by atoms with Gasteiger partial charge < -0.3 is 10.1 Å². The van der Waals surface area contributed by atoms with Gasteiger partial charge in [0.05, 0.1) is 11.3 Å². The van der Waals surface area contributed by atoms with Crippen molar-refractivity contribution >= 4 is 16.3 Å². The van der Waals surface area contributed by atoms with Gasteiger partial charge in [-0.25, -0.2) is 4.98 Å². The summed E-state index contributed by atoms with van der Waals surface area (Å²) in [5, 5.41) is 5.68. The highest BCUT2D eigenvalue weighted by Crippen LogP contribution is 2.29. The summed E-state index contributed by atoms with van der Waals surface area (Å²) in [6, 6.07) is 0.331. The number of nitrogens with zero attached hydrogens (tertiary/aromatic N) is 2. The lowest BCUT2D eigenvalue weighted by Crippen LogP contribution is -2.53. The molecule has 20 heavy (non-hydrogen) atoms. The van der Waals surface area contributed by atoms with Gasteiger partial charge in [0.1, 0.15) is 0 Å². The van der Waals surface area contributed by atoms with Gasteiger partial charge in [-0.05, 0) is 32.7 Å². The van der Waals surface area contributed by atoms with Gasteiger partial charge in [0.2, 0.25) is 0 Å². The Balaban J connectivity index is 1.77. The maximum atomic E-state index is 6.11. The first-order chi connectivity index (χ1) is 9.71. The molecule has 0 bridgehead atoms. The molecule has 2 aromatic heterocycles. The number of likely N-dealkylation sites (N-methyl/N-ethyl adjacent to an activating group) is 1. The van der Waals surface area contributed by atoms with Crippen LogP contribution in [0.4, 0.5) is 0 Å². The summed E-state index contributed by atoms with van der Waals surface area (Å²) in [5.74, 6) is 0. The molecule has 0 amide bonds. The fourth-order valence-corrected chi connectivity index (χ4v) is 3.78.